The summed E-state index contributed by atoms with van der Waals surface area (Å²) in [5.41, 5.74) is 8.63. The van der Waals surface area contributed by atoms with Crippen LogP contribution in [0.15, 0.2) is 31.0 Å². The lowest BCUT2D eigenvalue weighted by Crippen LogP contribution is -2.14. The Labute approximate surface area is 94.5 Å². The van der Waals surface area contributed by atoms with Gasteiger partial charge in [0.15, 0.2) is 0 Å². The summed E-state index contributed by atoms with van der Waals surface area (Å²) in [7, 11) is 0. The highest BCUT2D eigenvalue weighted by Crippen LogP contribution is 2.25. The van der Waals surface area contributed by atoms with Crippen molar-refractivity contribution in [3.8, 4) is 0 Å². The van der Waals surface area contributed by atoms with Crippen LogP contribution in [0.5, 0.6) is 0 Å². The molecule has 2 aromatic rings. The number of aromatic nitrogens is 2. The Bertz CT molecular complexity index is 501. The van der Waals surface area contributed by atoms with Gasteiger partial charge in [-0.15, -0.1) is 6.58 Å². The quantitative estimate of drug-likeness (QED) is 0.543. The van der Waals surface area contributed by atoms with Gasteiger partial charge in [0.05, 0.1) is 23.1 Å². The number of aromatic amines is 1. The maximum atomic E-state index is 5.96. The minimum absolute atomic E-state index is 0.320. The molecule has 0 bridgehead atoms. The molecular formula is C12H16N4. The Morgan fingerprint density at radius 2 is 2.44 bits per heavy atom. The third kappa shape index (κ3) is 2.00. The number of anilines is 2. The molecule has 84 valence electrons. The molecule has 2 rings (SSSR count). The van der Waals surface area contributed by atoms with Gasteiger partial charge in [-0.1, -0.05) is 6.08 Å². The molecule has 4 N–H and O–H groups in total. The molecule has 4 nitrogen and oxygen atoms in total. The first-order chi connectivity index (χ1) is 7.70. The number of hydrogen-bond donors (Lipinski definition) is 3. The summed E-state index contributed by atoms with van der Waals surface area (Å²) in [6.07, 6.45) is 4.56. The Kier molecular flexibility index (Phi) is 2.81. The normalized spacial score (nSPS) is 12.6. The van der Waals surface area contributed by atoms with Gasteiger partial charge in [-0.05, 0) is 25.5 Å². The lowest BCUT2D eigenvalue weighted by molar-refractivity contribution is 0.815. The third-order valence-corrected chi connectivity index (χ3v) is 2.53. The maximum Gasteiger partial charge on any atom is 0.0672 e. The van der Waals surface area contributed by atoms with E-state index in [1.807, 2.05) is 18.2 Å². The highest BCUT2D eigenvalue weighted by molar-refractivity contribution is 5.88. The number of rotatable bonds is 4. The summed E-state index contributed by atoms with van der Waals surface area (Å²) in [4.78, 5) is 0. The highest BCUT2D eigenvalue weighted by atomic mass is 15.1. The average molecular weight is 216 g/mol. The summed E-state index contributed by atoms with van der Waals surface area (Å²) in [5, 5.41) is 11.3. The fourth-order valence-corrected chi connectivity index (χ4v) is 1.71. The van der Waals surface area contributed by atoms with Gasteiger partial charge in [0.2, 0.25) is 0 Å². The molecule has 4 heteroatoms. The zero-order valence-electron chi connectivity index (χ0n) is 9.33. The average Bonchev–Trinajstić information content (AvgIpc) is 2.65. The van der Waals surface area contributed by atoms with Gasteiger partial charge in [0.1, 0.15) is 0 Å². The third-order valence-electron chi connectivity index (χ3n) is 2.53. The number of hydrogen-bond acceptors (Lipinski definition) is 3. The van der Waals surface area contributed by atoms with Crippen molar-refractivity contribution in [3.63, 3.8) is 0 Å². The molecule has 0 spiro atoms. The number of nitrogen functional groups attached to an aromatic ring is 1. The van der Waals surface area contributed by atoms with E-state index in [1.54, 1.807) is 6.20 Å². The van der Waals surface area contributed by atoms with Crippen molar-refractivity contribution in [2.24, 2.45) is 0 Å². The Hall–Kier alpha value is -1.97. The van der Waals surface area contributed by atoms with E-state index in [9.17, 15) is 0 Å². The van der Waals surface area contributed by atoms with Crippen LogP contribution in [0.3, 0.4) is 0 Å². The molecule has 1 aromatic heterocycles. The molecule has 1 atom stereocenters. The molecule has 0 saturated carbocycles. The number of nitrogens with two attached hydrogens (primary N) is 1. The molecule has 1 heterocycles. The van der Waals surface area contributed by atoms with Crippen LogP contribution in [-0.4, -0.2) is 16.2 Å². The first kappa shape index (κ1) is 10.5. The predicted octanol–water partition coefficient (Wildman–Crippen LogP) is 2.52. The number of H-pyrrole nitrogens is 1. The SMILES string of the molecule is C=CCC(C)Nc1cc2[nH]ncc2cc1N. The van der Waals surface area contributed by atoms with E-state index in [-0.39, 0.29) is 0 Å². The molecule has 0 radical (unpaired) electrons. The fraction of sp³-hybridized carbons (Fsp3) is 0.250. The monoisotopic (exact) mass is 216 g/mol. The second-order valence-corrected chi connectivity index (χ2v) is 3.97. The van der Waals surface area contributed by atoms with E-state index in [2.05, 4.69) is 29.0 Å². The summed E-state index contributed by atoms with van der Waals surface area (Å²) in [6, 6.07) is 4.22. The van der Waals surface area contributed by atoms with Gasteiger partial charge >= 0.3 is 0 Å². The predicted molar refractivity (Wildman–Crippen MR) is 68.4 cm³/mol. The Morgan fingerprint density at radius 3 is 3.19 bits per heavy atom. The standard InChI is InChI=1S/C12H16N4/c1-3-4-8(2)15-12-6-11-9(5-10(12)13)7-14-16-11/h3,5-8,15H,1,4,13H2,2H3,(H,14,16). The van der Waals surface area contributed by atoms with Gasteiger partial charge in [-0.2, -0.15) is 5.10 Å². The van der Waals surface area contributed by atoms with Crippen molar-refractivity contribution in [2.45, 2.75) is 19.4 Å². The minimum Gasteiger partial charge on any atom is -0.397 e. The Balaban J connectivity index is 2.28. The summed E-state index contributed by atoms with van der Waals surface area (Å²) in [6.45, 7) is 5.81. The lowest BCUT2D eigenvalue weighted by atomic mass is 10.1. The fourth-order valence-electron chi connectivity index (χ4n) is 1.71. The van der Waals surface area contributed by atoms with Crippen LogP contribution < -0.4 is 11.1 Å². The topological polar surface area (TPSA) is 66.7 Å². The minimum atomic E-state index is 0.320. The van der Waals surface area contributed by atoms with Gasteiger partial charge < -0.3 is 11.1 Å². The number of fused-ring (bicyclic) bond motifs is 1. The van der Waals surface area contributed by atoms with Crippen LogP contribution in [0.2, 0.25) is 0 Å². The van der Waals surface area contributed by atoms with E-state index >= 15 is 0 Å². The zero-order chi connectivity index (χ0) is 11.5. The van der Waals surface area contributed by atoms with Crippen LogP contribution in [0.1, 0.15) is 13.3 Å². The molecule has 0 amide bonds. The van der Waals surface area contributed by atoms with Gasteiger partial charge in [0.25, 0.3) is 0 Å². The van der Waals surface area contributed by atoms with Crippen molar-refractivity contribution in [1.82, 2.24) is 10.2 Å². The molecule has 0 aliphatic heterocycles. The number of benzene rings is 1. The van der Waals surface area contributed by atoms with Crippen molar-refractivity contribution in [1.29, 1.82) is 0 Å². The molecule has 1 unspecified atom stereocenters. The van der Waals surface area contributed by atoms with Crippen LogP contribution >= 0.6 is 0 Å². The lowest BCUT2D eigenvalue weighted by Gasteiger charge is -2.15. The van der Waals surface area contributed by atoms with E-state index in [4.69, 9.17) is 5.73 Å². The van der Waals surface area contributed by atoms with E-state index in [0.717, 1.165) is 28.7 Å². The van der Waals surface area contributed by atoms with Crippen LogP contribution in [-0.2, 0) is 0 Å². The first-order valence-electron chi connectivity index (χ1n) is 5.30. The van der Waals surface area contributed by atoms with Gasteiger partial charge in [-0.25, -0.2) is 0 Å². The van der Waals surface area contributed by atoms with Gasteiger partial charge in [-0.3, -0.25) is 5.10 Å². The van der Waals surface area contributed by atoms with Crippen molar-refractivity contribution >= 4 is 22.3 Å². The first-order valence-corrected chi connectivity index (χ1v) is 5.30. The van der Waals surface area contributed by atoms with Crippen molar-refractivity contribution < 1.29 is 0 Å². The zero-order valence-corrected chi connectivity index (χ0v) is 9.33. The molecule has 0 aliphatic carbocycles. The molecule has 0 fully saturated rings. The molecule has 0 saturated heterocycles. The smallest absolute Gasteiger partial charge is 0.0672 e. The van der Waals surface area contributed by atoms with E-state index in [0.29, 0.717) is 6.04 Å². The Morgan fingerprint density at radius 1 is 1.62 bits per heavy atom. The summed E-state index contributed by atoms with van der Waals surface area (Å²) >= 11 is 0. The van der Waals surface area contributed by atoms with E-state index in [1.165, 1.54) is 0 Å². The largest absolute Gasteiger partial charge is 0.397 e. The highest BCUT2D eigenvalue weighted by Gasteiger charge is 2.06. The van der Waals surface area contributed by atoms with Crippen LogP contribution in [0.4, 0.5) is 11.4 Å². The van der Waals surface area contributed by atoms with Gasteiger partial charge in [0, 0.05) is 11.4 Å². The van der Waals surface area contributed by atoms with Crippen LogP contribution in [0, 0.1) is 0 Å². The maximum absolute atomic E-state index is 5.96. The number of nitrogens with one attached hydrogen (secondary N) is 2. The molecule has 0 aliphatic rings. The van der Waals surface area contributed by atoms with Crippen molar-refractivity contribution in [2.75, 3.05) is 11.1 Å². The van der Waals surface area contributed by atoms with E-state index < -0.39 is 0 Å². The second-order valence-electron chi connectivity index (χ2n) is 3.97. The molecular weight excluding hydrogens is 200 g/mol. The van der Waals surface area contributed by atoms with Crippen molar-refractivity contribution in [3.05, 3.63) is 31.0 Å². The molecule has 1 aromatic carbocycles. The van der Waals surface area contributed by atoms with Crippen LogP contribution in [0.25, 0.3) is 10.9 Å². The summed E-state index contributed by atoms with van der Waals surface area (Å²) < 4.78 is 0. The molecule has 16 heavy (non-hydrogen) atoms. The summed E-state index contributed by atoms with van der Waals surface area (Å²) in [5.74, 6) is 0. The number of nitrogens with zero attached hydrogens (tertiary/aromatic N) is 1. The second kappa shape index (κ2) is 4.26.